The van der Waals surface area contributed by atoms with Crippen LogP contribution in [0.4, 0.5) is 0 Å². The molecule has 66 valence electrons. The molecular formula is C8H6ClN3S. The molecule has 0 spiro atoms. The number of hydrogen-bond donors (Lipinski definition) is 0. The predicted octanol–water partition coefficient (Wildman–Crippen LogP) is 3.45. The average molecular weight is 212 g/mol. The van der Waals surface area contributed by atoms with Gasteiger partial charge in [0.15, 0.2) is 0 Å². The Balaban J connectivity index is 2.48. The first-order valence-electron chi connectivity index (χ1n) is 3.57. The lowest BCUT2D eigenvalue weighted by molar-refractivity contribution is 1.01. The molecular weight excluding hydrogens is 206 g/mol. The van der Waals surface area contributed by atoms with Crippen LogP contribution in [0.5, 0.6) is 0 Å². The molecule has 3 nitrogen and oxygen atoms in total. The van der Waals surface area contributed by atoms with Crippen LogP contribution in [0.3, 0.4) is 0 Å². The highest BCUT2D eigenvalue weighted by molar-refractivity contribution is 7.14. The second-order valence-corrected chi connectivity index (χ2v) is 3.63. The van der Waals surface area contributed by atoms with Crippen molar-refractivity contribution in [3.05, 3.63) is 31.8 Å². The fourth-order valence-corrected chi connectivity index (χ4v) is 1.52. The molecule has 0 atom stereocenters. The topological polar surface area (TPSA) is 48.8 Å². The maximum absolute atomic E-state index is 7.98. The van der Waals surface area contributed by atoms with Crippen LogP contribution in [0.1, 0.15) is 12.0 Å². The predicted molar refractivity (Wildman–Crippen MR) is 54.8 cm³/mol. The van der Waals surface area contributed by atoms with E-state index in [-0.39, 0.29) is 0 Å². The minimum Gasteiger partial charge on any atom is -0.131 e. The van der Waals surface area contributed by atoms with Gasteiger partial charge in [0.05, 0.1) is 5.56 Å². The van der Waals surface area contributed by atoms with Gasteiger partial charge in [-0.2, -0.15) is 0 Å². The lowest BCUT2D eigenvalue weighted by atomic mass is 10.3. The summed E-state index contributed by atoms with van der Waals surface area (Å²) in [6.45, 7) is 0.408. The van der Waals surface area contributed by atoms with Crippen LogP contribution in [-0.4, -0.2) is 6.54 Å². The summed E-state index contributed by atoms with van der Waals surface area (Å²) in [6, 6.07) is 1.87. The summed E-state index contributed by atoms with van der Waals surface area (Å²) in [5.41, 5.74) is 8.82. The van der Waals surface area contributed by atoms with Gasteiger partial charge in [-0.25, -0.2) is 0 Å². The molecule has 0 radical (unpaired) electrons. The van der Waals surface area contributed by atoms with E-state index in [1.54, 1.807) is 0 Å². The Kier molecular flexibility index (Phi) is 4.20. The molecule has 1 aromatic heterocycles. The first-order chi connectivity index (χ1) is 6.34. The van der Waals surface area contributed by atoms with E-state index in [4.69, 9.17) is 17.1 Å². The van der Waals surface area contributed by atoms with Gasteiger partial charge in [-0.15, -0.1) is 11.3 Å². The molecule has 0 aliphatic rings. The average Bonchev–Trinajstić information content (AvgIpc) is 2.52. The van der Waals surface area contributed by atoms with Gasteiger partial charge < -0.3 is 0 Å². The molecule has 0 bridgehead atoms. The first kappa shape index (κ1) is 9.94. The first-order valence-corrected chi connectivity index (χ1v) is 4.83. The largest absolute Gasteiger partial charge is 0.131 e. The molecule has 0 N–H and O–H groups in total. The van der Waals surface area contributed by atoms with Gasteiger partial charge in [0.2, 0.25) is 0 Å². The van der Waals surface area contributed by atoms with Crippen molar-refractivity contribution in [2.75, 3.05) is 6.54 Å². The van der Waals surface area contributed by atoms with E-state index in [1.165, 1.54) is 11.3 Å². The lowest BCUT2D eigenvalue weighted by Gasteiger charge is -1.82. The zero-order valence-corrected chi connectivity index (χ0v) is 8.27. The van der Waals surface area contributed by atoms with Crippen LogP contribution in [0.15, 0.2) is 16.6 Å². The van der Waals surface area contributed by atoms with Crippen LogP contribution in [-0.2, 0) is 0 Å². The minimum atomic E-state index is 0.408. The molecule has 1 heterocycles. The summed E-state index contributed by atoms with van der Waals surface area (Å²) in [5.74, 6) is 5.77. The van der Waals surface area contributed by atoms with Gasteiger partial charge in [-0.3, -0.25) is 0 Å². The van der Waals surface area contributed by atoms with Crippen molar-refractivity contribution in [1.82, 2.24) is 0 Å². The molecule has 0 unspecified atom stereocenters. The number of nitrogens with zero attached hydrogens (tertiary/aromatic N) is 3. The Morgan fingerprint density at radius 2 is 2.54 bits per heavy atom. The van der Waals surface area contributed by atoms with Crippen molar-refractivity contribution in [3.8, 4) is 11.8 Å². The fraction of sp³-hybridized carbons (Fsp3) is 0.250. The standard InChI is InChI=1S/C8H6ClN3S/c9-8-7(4-6-13-8)3-1-2-5-11-12-10/h4,6H,2,5H2. The molecule has 0 amide bonds. The molecule has 0 fully saturated rings. The monoisotopic (exact) mass is 211 g/mol. The molecule has 1 aromatic rings. The van der Waals surface area contributed by atoms with Gasteiger partial charge in [0.1, 0.15) is 4.34 Å². The molecule has 0 saturated heterocycles. The number of halogens is 1. The van der Waals surface area contributed by atoms with E-state index < -0.39 is 0 Å². The van der Waals surface area contributed by atoms with E-state index in [0.717, 1.165) is 5.56 Å². The summed E-state index contributed by atoms with van der Waals surface area (Å²) in [6.07, 6.45) is 0.566. The molecule has 1 rings (SSSR count). The summed E-state index contributed by atoms with van der Waals surface area (Å²) in [5, 5.41) is 5.25. The highest BCUT2D eigenvalue weighted by Crippen LogP contribution is 2.21. The van der Waals surface area contributed by atoms with Crippen molar-refractivity contribution >= 4 is 22.9 Å². The maximum Gasteiger partial charge on any atom is 0.108 e. The van der Waals surface area contributed by atoms with Crippen molar-refractivity contribution in [2.24, 2.45) is 5.11 Å². The van der Waals surface area contributed by atoms with E-state index in [9.17, 15) is 0 Å². The van der Waals surface area contributed by atoms with Crippen LogP contribution in [0, 0.1) is 11.8 Å². The molecule has 13 heavy (non-hydrogen) atoms. The van der Waals surface area contributed by atoms with E-state index in [1.807, 2.05) is 11.4 Å². The molecule has 5 heteroatoms. The van der Waals surface area contributed by atoms with Gasteiger partial charge in [0, 0.05) is 17.9 Å². The highest BCUT2D eigenvalue weighted by Gasteiger charge is 1.94. The van der Waals surface area contributed by atoms with Crippen molar-refractivity contribution in [3.63, 3.8) is 0 Å². The van der Waals surface area contributed by atoms with Crippen LogP contribution in [0.25, 0.3) is 10.4 Å². The fourth-order valence-electron chi connectivity index (χ4n) is 0.690. The van der Waals surface area contributed by atoms with Crippen molar-refractivity contribution in [2.45, 2.75) is 6.42 Å². The number of thiophene rings is 1. The number of rotatable bonds is 2. The van der Waals surface area contributed by atoms with Crippen molar-refractivity contribution < 1.29 is 0 Å². The van der Waals surface area contributed by atoms with Gasteiger partial charge in [-0.05, 0) is 17.0 Å². The third kappa shape index (κ3) is 3.39. The summed E-state index contributed by atoms with van der Waals surface area (Å²) >= 11 is 7.27. The molecule has 0 aliphatic carbocycles. The molecule has 0 aliphatic heterocycles. The van der Waals surface area contributed by atoms with E-state index in [2.05, 4.69) is 21.9 Å². The summed E-state index contributed by atoms with van der Waals surface area (Å²) < 4.78 is 0.705. The third-order valence-corrected chi connectivity index (χ3v) is 2.41. The van der Waals surface area contributed by atoms with Gasteiger partial charge in [0.25, 0.3) is 0 Å². The number of azide groups is 1. The smallest absolute Gasteiger partial charge is 0.108 e. The van der Waals surface area contributed by atoms with Crippen LogP contribution >= 0.6 is 22.9 Å². The SMILES string of the molecule is [N-]=[N+]=NCCC#Cc1ccsc1Cl. The zero-order chi connectivity index (χ0) is 9.52. The highest BCUT2D eigenvalue weighted by atomic mass is 35.5. The Labute approximate surface area is 85.0 Å². The van der Waals surface area contributed by atoms with Gasteiger partial charge in [-0.1, -0.05) is 28.6 Å². The Hall–Kier alpha value is -1.14. The van der Waals surface area contributed by atoms with E-state index >= 15 is 0 Å². The quantitative estimate of drug-likeness (QED) is 0.237. The Morgan fingerprint density at radius 3 is 3.15 bits per heavy atom. The number of hydrogen-bond acceptors (Lipinski definition) is 2. The zero-order valence-electron chi connectivity index (χ0n) is 6.70. The lowest BCUT2D eigenvalue weighted by Crippen LogP contribution is -1.73. The summed E-state index contributed by atoms with van der Waals surface area (Å²) in [4.78, 5) is 2.62. The maximum atomic E-state index is 7.98. The molecule has 0 saturated carbocycles. The Bertz CT molecular complexity index is 382. The van der Waals surface area contributed by atoms with Crippen LogP contribution < -0.4 is 0 Å². The second-order valence-electron chi connectivity index (χ2n) is 2.11. The second kappa shape index (κ2) is 5.50. The summed E-state index contributed by atoms with van der Waals surface area (Å²) in [7, 11) is 0. The van der Waals surface area contributed by atoms with Gasteiger partial charge >= 0.3 is 0 Å². The Morgan fingerprint density at radius 1 is 1.69 bits per heavy atom. The third-order valence-electron chi connectivity index (χ3n) is 1.24. The van der Waals surface area contributed by atoms with E-state index in [0.29, 0.717) is 17.3 Å². The van der Waals surface area contributed by atoms with Crippen LogP contribution in [0.2, 0.25) is 4.34 Å². The van der Waals surface area contributed by atoms with Crippen molar-refractivity contribution in [1.29, 1.82) is 0 Å². The minimum absolute atomic E-state index is 0.408. The normalized spacial score (nSPS) is 8.38. The molecule has 0 aromatic carbocycles.